The Hall–Kier alpha value is -2.23. The molecule has 0 atom stereocenters. The topological polar surface area (TPSA) is 60.2 Å². The lowest BCUT2D eigenvalue weighted by Crippen LogP contribution is -1.97. The van der Waals surface area contributed by atoms with E-state index in [0.29, 0.717) is 5.69 Å². The van der Waals surface area contributed by atoms with Crippen LogP contribution in [0.3, 0.4) is 0 Å². The van der Waals surface area contributed by atoms with Crippen molar-refractivity contribution in [3.63, 3.8) is 0 Å². The first kappa shape index (κ1) is 11.3. The number of benzene rings is 1. The summed E-state index contributed by atoms with van der Waals surface area (Å²) in [6.45, 7) is 2.01. The van der Waals surface area contributed by atoms with Crippen molar-refractivity contribution >= 4 is 17.2 Å². The molecule has 0 saturated carbocycles. The lowest BCUT2D eigenvalue weighted by Gasteiger charge is -2.10. The second-order valence-corrected chi connectivity index (χ2v) is 3.78. The van der Waals surface area contributed by atoms with Gasteiger partial charge in [0.05, 0.1) is 7.11 Å². The average Bonchev–Trinajstić information content (AvgIpc) is 2.32. The lowest BCUT2D eigenvalue weighted by molar-refractivity contribution is 0.414. The zero-order valence-corrected chi connectivity index (χ0v) is 9.90. The first-order valence-corrected chi connectivity index (χ1v) is 5.32. The van der Waals surface area contributed by atoms with E-state index in [1.807, 2.05) is 25.1 Å². The van der Waals surface area contributed by atoms with Crippen LogP contribution in [0.4, 0.5) is 17.2 Å². The van der Waals surface area contributed by atoms with Gasteiger partial charge in [0.25, 0.3) is 0 Å². The average molecular weight is 229 g/mol. The van der Waals surface area contributed by atoms with Crippen molar-refractivity contribution in [2.24, 2.45) is 0 Å². The molecule has 3 N–H and O–H groups in total. The van der Waals surface area contributed by atoms with E-state index in [1.165, 1.54) is 0 Å². The van der Waals surface area contributed by atoms with E-state index in [1.54, 1.807) is 25.4 Å². The number of hydrogen-bond donors (Lipinski definition) is 2. The van der Waals surface area contributed by atoms with Crippen molar-refractivity contribution in [2.75, 3.05) is 18.2 Å². The Labute approximate surface area is 100 Å². The summed E-state index contributed by atoms with van der Waals surface area (Å²) in [4.78, 5) is 4.20. The van der Waals surface area contributed by atoms with E-state index in [4.69, 9.17) is 10.5 Å². The molecule has 0 saturated heterocycles. The number of aromatic nitrogens is 1. The minimum atomic E-state index is 0.689. The molecule has 2 aromatic rings. The van der Waals surface area contributed by atoms with E-state index in [9.17, 15) is 0 Å². The normalized spacial score (nSPS) is 10.0. The maximum Gasteiger partial charge on any atom is 0.132 e. The van der Waals surface area contributed by atoms with Crippen molar-refractivity contribution in [1.29, 1.82) is 0 Å². The molecule has 17 heavy (non-hydrogen) atoms. The molecular formula is C13H15N3O. The molecule has 0 bridgehead atoms. The number of nitrogens with zero attached hydrogens (tertiary/aromatic N) is 1. The summed E-state index contributed by atoms with van der Waals surface area (Å²) in [5.74, 6) is 1.58. The molecule has 2 rings (SSSR count). The van der Waals surface area contributed by atoms with Gasteiger partial charge >= 0.3 is 0 Å². The number of hydrogen-bond acceptors (Lipinski definition) is 4. The lowest BCUT2D eigenvalue weighted by atomic mass is 10.2. The summed E-state index contributed by atoms with van der Waals surface area (Å²) in [7, 11) is 1.65. The van der Waals surface area contributed by atoms with Gasteiger partial charge in [-0.3, -0.25) is 0 Å². The van der Waals surface area contributed by atoms with Crippen molar-refractivity contribution in [2.45, 2.75) is 6.92 Å². The summed E-state index contributed by atoms with van der Waals surface area (Å²) in [5, 5.41) is 3.22. The first-order valence-electron chi connectivity index (χ1n) is 5.32. The standard InChI is InChI=1S/C13H15N3O/c1-9-7-11(17-2)3-4-12(9)16-13-8-10(14)5-6-15-13/h3-8H,1-2H3,(H3,14,15,16). The van der Waals surface area contributed by atoms with Gasteiger partial charge in [-0.1, -0.05) is 0 Å². The number of methoxy groups -OCH3 is 1. The zero-order valence-electron chi connectivity index (χ0n) is 9.90. The fraction of sp³-hybridized carbons (Fsp3) is 0.154. The van der Waals surface area contributed by atoms with Crippen LogP contribution in [-0.4, -0.2) is 12.1 Å². The van der Waals surface area contributed by atoms with Gasteiger partial charge in [0, 0.05) is 23.6 Å². The summed E-state index contributed by atoms with van der Waals surface area (Å²) in [6, 6.07) is 9.38. The Kier molecular flexibility index (Phi) is 3.14. The molecule has 1 aromatic heterocycles. The van der Waals surface area contributed by atoms with Gasteiger partial charge in [0.2, 0.25) is 0 Å². The summed E-state index contributed by atoms with van der Waals surface area (Å²) in [5.41, 5.74) is 8.47. The quantitative estimate of drug-likeness (QED) is 0.849. The molecule has 0 spiro atoms. The van der Waals surface area contributed by atoms with Crippen LogP contribution < -0.4 is 15.8 Å². The highest BCUT2D eigenvalue weighted by atomic mass is 16.5. The number of rotatable bonds is 3. The highest BCUT2D eigenvalue weighted by Crippen LogP contribution is 2.24. The molecule has 0 aliphatic heterocycles. The number of nitrogens with one attached hydrogen (secondary N) is 1. The van der Waals surface area contributed by atoms with Crippen molar-refractivity contribution in [3.05, 3.63) is 42.1 Å². The number of ether oxygens (including phenoxy) is 1. The van der Waals surface area contributed by atoms with E-state index < -0.39 is 0 Å². The maximum absolute atomic E-state index is 5.70. The highest BCUT2D eigenvalue weighted by molar-refractivity contribution is 5.63. The van der Waals surface area contributed by atoms with Crippen LogP contribution in [0, 0.1) is 6.92 Å². The number of nitrogen functional groups attached to an aromatic ring is 1. The van der Waals surface area contributed by atoms with Crippen molar-refractivity contribution in [3.8, 4) is 5.75 Å². The highest BCUT2D eigenvalue weighted by Gasteiger charge is 2.01. The maximum atomic E-state index is 5.70. The van der Waals surface area contributed by atoms with Crippen LogP contribution in [-0.2, 0) is 0 Å². The molecule has 88 valence electrons. The van der Waals surface area contributed by atoms with Gasteiger partial charge in [-0.15, -0.1) is 0 Å². The Bertz CT molecular complexity index is 526. The predicted molar refractivity (Wildman–Crippen MR) is 69.7 cm³/mol. The second kappa shape index (κ2) is 4.74. The predicted octanol–water partition coefficient (Wildman–Crippen LogP) is 2.72. The molecule has 1 heterocycles. The van der Waals surface area contributed by atoms with Crippen LogP contribution in [0.15, 0.2) is 36.5 Å². The van der Waals surface area contributed by atoms with Crippen molar-refractivity contribution < 1.29 is 4.74 Å². The van der Waals surface area contributed by atoms with Crippen LogP contribution in [0.25, 0.3) is 0 Å². The second-order valence-electron chi connectivity index (χ2n) is 3.78. The molecular weight excluding hydrogens is 214 g/mol. The number of aryl methyl sites for hydroxylation is 1. The number of pyridine rings is 1. The summed E-state index contributed by atoms with van der Waals surface area (Å²) in [6.07, 6.45) is 1.68. The summed E-state index contributed by atoms with van der Waals surface area (Å²) < 4.78 is 5.16. The van der Waals surface area contributed by atoms with Gasteiger partial charge in [-0.05, 0) is 36.8 Å². The Morgan fingerprint density at radius 2 is 2.06 bits per heavy atom. The van der Waals surface area contributed by atoms with Crippen LogP contribution in [0.2, 0.25) is 0 Å². The van der Waals surface area contributed by atoms with Gasteiger partial charge in [0.1, 0.15) is 11.6 Å². The number of nitrogens with two attached hydrogens (primary N) is 1. The minimum absolute atomic E-state index is 0.689. The molecule has 0 unspecified atom stereocenters. The molecule has 0 aliphatic rings. The van der Waals surface area contributed by atoms with Crippen molar-refractivity contribution in [1.82, 2.24) is 4.98 Å². The van der Waals surface area contributed by atoms with E-state index in [-0.39, 0.29) is 0 Å². The first-order chi connectivity index (χ1) is 8.19. The third kappa shape index (κ3) is 2.66. The van der Waals surface area contributed by atoms with E-state index >= 15 is 0 Å². The Morgan fingerprint density at radius 1 is 1.24 bits per heavy atom. The molecule has 0 fully saturated rings. The summed E-state index contributed by atoms with van der Waals surface area (Å²) >= 11 is 0. The Morgan fingerprint density at radius 3 is 2.71 bits per heavy atom. The molecule has 0 radical (unpaired) electrons. The SMILES string of the molecule is COc1ccc(Nc2cc(N)ccn2)c(C)c1. The molecule has 4 heteroatoms. The fourth-order valence-electron chi connectivity index (χ4n) is 1.56. The molecule has 0 aliphatic carbocycles. The molecule has 4 nitrogen and oxygen atoms in total. The van der Waals surface area contributed by atoms with Crippen LogP contribution in [0.5, 0.6) is 5.75 Å². The van der Waals surface area contributed by atoms with Gasteiger partial charge in [-0.25, -0.2) is 4.98 Å². The molecule has 1 aromatic carbocycles. The van der Waals surface area contributed by atoms with E-state index in [0.717, 1.165) is 22.8 Å². The van der Waals surface area contributed by atoms with Gasteiger partial charge < -0.3 is 15.8 Å². The molecule has 0 amide bonds. The monoisotopic (exact) mass is 229 g/mol. The smallest absolute Gasteiger partial charge is 0.132 e. The Balaban J connectivity index is 2.24. The largest absolute Gasteiger partial charge is 0.497 e. The third-order valence-corrected chi connectivity index (χ3v) is 2.48. The van der Waals surface area contributed by atoms with E-state index in [2.05, 4.69) is 10.3 Å². The van der Waals surface area contributed by atoms with Gasteiger partial charge in [-0.2, -0.15) is 0 Å². The zero-order chi connectivity index (χ0) is 12.3. The number of anilines is 3. The van der Waals surface area contributed by atoms with Gasteiger partial charge in [0.15, 0.2) is 0 Å². The van der Waals surface area contributed by atoms with Crippen LogP contribution >= 0.6 is 0 Å². The van der Waals surface area contributed by atoms with Crippen LogP contribution in [0.1, 0.15) is 5.56 Å². The third-order valence-electron chi connectivity index (χ3n) is 2.48. The minimum Gasteiger partial charge on any atom is -0.497 e. The fourth-order valence-corrected chi connectivity index (χ4v) is 1.56.